The van der Waals surface area contributed by atoms with Gasteiger partial charge in [-0.25, -0.2) is 9.59 Å². The smallest absolute Gasteiger partial charge is 0.348 e. The van der Waals surface area contributed by atoms with E-state index in [2.05, 4.69) is 0 Å². The Balaban J connectivity index is 2.43. The highest BCUT2D eigenvalue weighted by Gasteiger charge is 2.28. The van der Waals surface area contributed by atoms with E-state index >= 15 is 0 Å². The fourth-order valence-electron chi connectivity index (χ4n) is 3.30. The highest BCUT2D eigenvalue weighted by molar-refractivity contribution is 7.14. The second kappa shape index (κ2) is 13.3. The number of rotatable bonds is 12. The molecular formula is C26H29NO7S. The molecule has 2 aromatic rings. The van der Waals surface area contributed by atoms with Crippen LogP contribution in [0.1, 0.15) is 63.7 Å². The maximum Gasteiger partial charge on any atom is 0.348 e. The van der Waals surface area contributed by atoms with Crippen molar-refractivity contribution in [1.82, 2.24) is 0 Å². The summed E-state index contributed by atoms with van der Waals surface area (Å²) in [5, 5.41) is 9.67. The van der Waals surface area contributed by atoms with Crippen LogP contribution in [0.2, 0.25) is 0 Å². The van der Waals surface area contributed by atoms with E-state index in [0.717, 1.165) is 11.3 Å². The van der Waals surface area contributed by atoms with Gasteiger partial charge in [0, 0.05) is 11.3 Å². The molecule has 0 unspecified atom stereocenters. The van der Waals surface area contributed by atoms with Crippen LogP contribution >= 0.6 is 11.3 Å². The second-order valence-electron chi connectivity index (χ2n) is 7.14. The van der Waals surface area contributed by atoms with E-state index in [1.54, 1.807) is 39.0 Å². The standard InChI is InChI=1S/C26H29NO7S/c1-6-31-20-11-10-17(13-21(20)32-7-2)12-18(15-27)19(28)14-22-23(25(29)33-8-3)16(5)24(35-22)26(30)34-9-4/h10-13H,6-9,14H2,1-5H3. The Bertz CT molecular complexity index is 1160. The number of thiophene rings is 1. The Morgan fingerprint density at radius 3 is 2.17 bits per heavy atom. The number of hydrogen-bond donors (Lipinski definition) is 0. The van der Waals surface area contributed by atoms with Crippen molar-refractivity contribution in [1.29, 1.82) is 5.26 Å². The van der Waals surface area contributed by atoms with Crippen LogP contribution in [0.15, 0.2) is 23.8 Å². The van der Waals surface area contributed by atoms with Crippen molar-refractivity contribution in [3.05, 3.63) is 50.2 Å². The number of hydrogen-bond acceptors (Lipinski definition) is 9. The van der Waals surface area contributed by atoms with Gasteiger partial charge in [-0.2, -0.15) is 5.26 Å². The van der Waals surface area contributed by atoms with Crippen LogP contribution in [0.4, 0.5) is 0 Å². The zero-order valence-corrected chi connectivity index (χ0v) is 21.4. The van der Waals surface area contributed by atoms with Gasteiger partial charge in [-0.15, -0.1) is 11.3 Å². The van der Waals surface area contributed by atoms with E-state index in [0.29, 0.717) is 40.7 Å². The highest BCUT2D eigenvalue weighted by atomic mass is 32.1. The van der Waals surface area contributed by atoms with E-state index in [-0.39, 0.29) is 35.6 Å². The number of Topliss-reactive ketones (excluding diaryl/α,β-unsaturated/α-hetero) is 1. The van der Waals surface area contributed by atoms with Gasteiger partial charge in [0.2, 0.25) is 0 Å². The van der Waals surface area contributed by atoms with Crippen molar-refractivity contribution in [3.8, 4) is 17.6 Å². The fourth-order valence-corrected chi connectivity index (χ4v) is 4.49. The molecule has 0 N–H and O–H groups in total. The van der Waals surface area contributed by atoms with E-state index in [9.17, 15) is 19.6 Å². The first kappa shape index (κ1) is 27.6. The molecule has 0 amide bonds. The quantitative estimate of drug-likeness (QED) is 0.230. The summed E-state index contributed by atoms with van der Waals surface area (Å²) in [5.41, 5.74) is 1.03. The van der Waals surface area contributed by atoms with E-state index in [1.165, 1.54) is 6.08 Å². The second-order valence-corrected chi connectivity index (χ2v) is 8.24. The monoisotopic (exact) mass is 499 g/mol. The summed E-state index contributed by atoms with van der Waals surface area (Å²) < 4.78 is 21.4. The molecule has 0 radical (unpaired) electrons. The third-order valence-corrected chi connectivity index (χ3v) is 6.05. The van der Waals surface area contributed by atoms with Crippen molar-refractivity contribution in [2.45, 2.75) is 41.0 Å². The molecule has 0 atom stereocenters. The SMILES string of the molecule is CCOC(=O)c1sc(CC(=O)C(C#N)=Cc2ccc(OCC)c(OCC)c2)c(C(=O)OCC)c1C. The molecule has 2 rings (SSSR count). The molecule has 1 heterocycles. The van der Waals surface area contributed by atoms with Crippen LogP contribution in [0.5, 0.6) is 11.5 Å². The molecule has 0 aliphatic rings. The normalized spacial score (nSPS) is 10.9. The number of ketones is 1. The van der Waals surface area contributed by atoms with E-state index in [4.69, 9.17) is 18.9 Å². The highest BCUT2D eigenvalue weighted by Crippen LogP contribution is 2.32. The van der Waals surface area contributed by atoms with Gasteiger partial charge in [-0.1, -0.05) is 6.07 Å². The molecule has 9 heteroatoms. The summed E-state index contributed by atoms with van der Waals surface area (Å²) in [6, 6.07) is 7.06. The molecule has 1 aromatic carbocycles. The summed E-state index contributed by atoms with van der Waals surface area (Å²) in [7, 11) is 0. The molecule has 35 heavy (non-hydrogen) atoms. The average molecular weight is 500 g/mol. The Morgan fingerprint density at radius 1 is 0.943 bits per heavy atom. The zero-order valence-electron chi connectivity index (χ0n) is 20.6. The molecule has 0 bridgehead atoms. The Morgan fingerprint density at radius 2 is 1.57 bits per heavy atom. The molecule has 0 aliphatic carbocycles. The lowest BCUT2D eigenvalue weighted by atomic mass is 10.0. The lowest BCUT2D eigenvalue weighted by molar-refractivity contribution is -0.114. The maximum absolute atomic E-state index is 13.1. The third kappa shape index (κ3) is 6.93. The fraction of sp³-hybridized carbons (Fsp3) is 0.385. The van der Waals surface area contributed by atoms with Crippen molar-refractivity contribution >= 4 is 35.1 Å². The van der Waals surface area contributed by atoms with Crippen LogP contribution in [0.3, 0.4) is 0 Å². The minimum absolute atomic E-state index is 0.102. The average Bonchev–Trinajstić information content (AvgIpc) is 3.15. The largest absolute Gasteiger partial charge is 0.490 e. The van der Waals surface area contributed by atoms with Crippen LogP contribution in [0.25, 0.3) is 6.08 Å². The Hall–Kier alpha value is -3.64. The minimum Gasteiger partial charge on any atom is -0.490 e. The van der Waals surface area contributed by atoms with Crippen LogP contribution in [-0.4, -0.2) is 44.1 Å². The van der Waals surface area contributed by atoms with Crippen LogP contribution in [0, 0.1) is 18.3 Å². The Labute approximate surface area is 209 Å². The summed E-state index contributed by atoms with van der Waals surface area (Å²) in [4.78, 5) is 38.6. The van der Waals surface area contributed by atoms with Crippen LogP contribution in [-0.2, 0) is 20.7 Å². The number of carbonyl (C=O) groups excluding carboxylic acids is 3. The van der Waals surface area contributed by atoms with Gasteiger partial charge in [0.15, 0.2) is 17.3 Å². The van der Waals surface area contributed by atoms with Crippen molar-refractivity contribution < 1.29 is 33.3 Å². The molecule has 0 spiro atoms. The number of ether oxygens (including phenoxy) is 4. The lowest BCUT2D eigenvalue weighted by Crippen LogP contribution is -2.12. The molecule has 0 saturated heterocycles. The van der Waals surface area contributed by atoms with E-state index in [1.807, 2.05) is 19.9 Å². The van der Waals surface area contributed by atoms with Crippen LogP contribution < -0.4 is 9.47 Å². The van der Waals surface area contributed by atoms with E-state index < -0.39 is 17.7 Å². The molecule has 0 saturated carbocycles. The molecule has 0 aliphatic heterocycles. The third-order valence-electron chi connectivity index (χ3n) is 4.78. The number of esters is 2. The van der Waals surface area contributed by atoms with Crippen molar-refractivity contribution in [2.24, 2.45) is 0 Å². The van der Waals surface area contributed by atoms with Gasteiger partial charge < -0.3 is 18.9 Å². The minimum atomic E-state index is -0.630. The Kier molecular flexibility index (Phi) is 10.5. The van der Waals surface area contributed by atoms with Gasteiger partial charge >= 0.3 is 11.9 Å². The number of nitrogens with zero attached hydrogens (tertiary/aromatic N) is 1. The number of nitriles is 1. The first-order valence-corrected chi connectivity index (χ1v) is 12.1. The number of benzene rings is 1. The molecule has 186 valence electrons. The van der Waals surface area contributed by atoms with Gasteiger partial charge in [0.05, 0.1) is 37.6 Å². The van der Waals surface area contributed by atoms with Crippen molar-refractivity contribution in [3.63, 3.8) is 0 Å². The summed E-state index contributed by atoms with van der Waals surface area (Å²) in [6.45, 7) is 9.87. The van der Waals surface area contributed by atoms with Gasteiger partial charge in [-0.05, 0) is 64.0 Å². The predicted octanol–water partition coefficient (Wildman–Crippen LogP) is 4.93. The molecule has 8 nitrogen and oxygen atoms in total. The van der Waals surface area contributed by atoms with Gasteiger partial charge in [0.25, 0.3) is 0 Å². The first-order chi connectivity index (χ1) is 16.8. The summed E-state index contributed by atoms with van der Waals surface area (Å²) in [6.07, 6.45) is 1.21. The lowest BCUT2D eigenvalue weighted by Gasteiger charge is -2.11. The number of allylic oxidation sites excluding steroid dienone is 1. The first-order valence-electron chi connectivity index (χ1n) is 11.3. The molecular weight excluding hydrogens is 470 g/mol. The van der Waals surface area contributed by atoms with Gasteiger partial charge in [0.1, 0.15) is 10.9 Å². The predicted molar refractivity (Wildman–Crippen MR) is 132 cm³/mol. The maximum atomic E-state index is 13.1. The molecule has 0 fully saturated rings. The van der Waals surface area contributed by atoms with Crippen molar-refractivity contribution in [2.75, 3.05) is 26.4 Å². The summed E-state index contributed by atoms with van der Waals surface area (Å²) in [5.74, 6) is -0.633. The topological polar surface area (TPSA) is 112 Å². The number of carbonyl (C=O) groups is 3. The zero-order chi connectivity index (χ0) is 26.0. The summed E-state index contributed by atoms with van der Waals surface area (Å²) >= 11 is 0.998. The molecule has 1 aromatic heterocycles. The van der Waals surface area contributed by atoms with Gasteiger partial charge in [-0.3, -0.25) is 4.79 Å².